The predicted molar refractivity (Wildman–Crippen MR) is 71.4 cm³/mol. The van der Waals surface area contributed by atoms with Gasteiger partial charge in [0.05, 0.1) is 5.92 Å². The van der Waals surface area contributed by atoms with Crippen LogP contribution in [0, 0.1) is 39.2 Å². The molecule has 122 valence electrons. The molecule has 9 heteroatoms. The zero-order valence-corrected chi connectivity index (χ0v) is 11.9. The molecule has 0 fully saturated rings. The molecule has 2 rings (SSSR count). The Balaban J connectivity index is 2.70. The number of nitrogens with zero attached hydrogens (tertiary/aromatic N) is 1. The summed E-state index contributed by atoms with van der Waals surface area (Å²) in [6, 6.07) is 5.01. The molecule has 0 bridgehead atoms. The van der Waals surface area contributed by atoms with Gasteiger partial charge in [-0.15, -0.1) is 0 Å². The molecule has 0 aliphatic heterocycles. The topological polar surface area (TPSA) is 43.1 Å². The van der Waals surface area contributed by atoms with E-state index in [0.29, 0.717) is 0 Å². The van der Waals surface area contributed by atoms with Crippen molar-refractivity contribution in [3.8, 4) is 0 Å². The van der Waals surface area contributed by atoms with Crippen molar-refractivity contribution in [1.82, 2.24) is 0 Å². The van der Waals surface area contributed by atoms with Crippen molar-refractivity contribution in [2.75, 3.05) is 6.54 Å². The van der Waals surface area contributed by atoms with Gasteiger partial charge in [0.25, 0.3) is 0 Å². The van der Waals surface area contributed by atoms with E-state index in [1.165, 1.54) is 24.3 Å². The highest BCUT2D eigenvalue weighted by Crippen LogP contribution is 2.33. The van der Waals surface area contributed by atoms with Crippen molar-refractivity contribution in [2.45, 2.75) is 5.92 Å². The van der Waals surface area contributed by atoms with E-state index in [1.807, 2.05) is 0 Å². The summed E-state index contributed by atoms with van der Waals surface area (Å²) >= 11 is 5.65. The van der Waals surface area contributed by atoms with Crippen molar-refractivity contribution >= 4 is 11.6 Å². The molecule has 0 amide bonds. The fourth-order valence-corrected chi connectivity index (χ4v) is 2.26. The van der Waals surface area contributed by atoms with Crippen molar-refractivity contribution in [3.63, 3.8) is 0 Å². The molecule has 0 spiro atoms. The molecular formula is C14H7ClF5NO2. The van der Waals surface area contributed by atoms with E-state index in [0.717, 1.165) is 0 Å². The molecular weight excluding hydrogens is 345 g/mol. The van der Waals surface area contributed by atoms with Gasteiger partial charge in [-0.25, -0.2) is 22.0 Å². The highest BCUT2D eigenvalue weighted by atomic mass is 35.5. The van der Waals surface area contributed by atoms with Crippen LogP contribution in [0.25, 0.3) is 0 Å². The monoisotopic (exact) mass is 351 g/mol. The highest BCUT2D eigenvalue weighted by molar-refractivity contribution is 6.30. The van der Waals surface area contributed by atoms with Crippen molar-refractivity contribution < 1.29 is 26.9 Å². The van der Waals surface area contributed by atoms with Crippen LogP contribution in [0.4, 0.5) is 22.0 Å². The molecule has 0 saturated carbocycles. The number of nitro groups is 1. The van der Waals surface area contributed by atoms with E-state index < -0.39 is 52.0 Å². The third-order valence-electron chi connectivity index (χ3n) is 3.20. The van der Waals surface area contributed by atoms with Gasteiger partial charge >= 0.3 is 0 Å². The summed E-state index contributed by atoms with van der Waals surface area (Å²) in [5.74, 6) is -12.5. The Hall–Kier alpha value is -2.22. The summed E-state index contributed by atoms with van der Waals surface area (Å²) in [4.78, 5) is 9.85. The summed E-state index contributed by atoms with van der Waals surface area (Å²) < 4.78 is 67.6. The highest BCUT2D eigenvalue weighted by Gasteiger charge is 2.33. The molecule has 1 atom stereocenters. The molecule has 2 aromatic carbocycles. The lowest BCUT2D eigenvalue weighted by Gasteiger charge is -2.16. The maximum absolute atomic E-state index is 13.9. The molecule has 0 saturated heterocycles. The molecule has 2 aromatic rings. The van der Waals surface area contributed by atoms with Gasteiger partial charge in [0.2, 0.25) is 12.4 Å². The number of hydrogen-bond donors (Lipinski definition) is 0. The largest absolute Gasteiger partial charge is 0.265 e. The van der Waals surface area contributed by atoms with Crippen molar-refractivity contribution in [1.29, 1.82) is 0 Å². The second kappa shape index (κ2) is 6.49. The Labute approximate surface area is 131 Å². The van der Waals surface area contributed by atoms with E-state index in [4.69, 9.17) is 11.6 Å². The van der Waals surface area contributed by atoms with Crippen LogP contribution < -0.4 is 0 Å². The third-order valence-corrected chi connectivity index (χ3v) is 3.45. The summed E-state index contributed by atoms with van der Waals surface area (Å²) in [5.41, 5.74) is -1.25. The van der Waals surface area contributed by atoms with Gasteiger partial charge in [0.15, 0.2) is 23.3 Å². The quantitative estimate of drug-likeness (QED) is 0.269. The number of benzene rings is 2. The summed E-state index contributed by atoms with van der Waals surface area (Å²) in [6.45, 7) is -1.06. The van der Waals surface area contributed by atoms with Crippen LogP contribution in [0.3, 0.4) is 0 Å². The predicted octanol–water partition coefficient (Wildman–Crippen LogP) is 4.44. The molecule has 0 N–H and O–H groups in total. The lowest BCUT2D eigenvalue weighted by atomic mass is 9.90. The zero-order chi connectivity index (χ0) is 17.3. The van der Waals surface area contributed by atoms with Gasteiger partial charge in [0.1, 0.15) is 0 Å². The second-order valence-electron chi connectivity index (χ2n) is 4.60. The van der Waals surface area contributed by atoms with Crippen LogP contribution in [0.15, 0.2) is 24.3 Å². The molecule has 0 aliphatic carbocycles. The minimum Gasteiger partial charge on any atom is -0.265 e. The Morgan fingerprint density at radius 3 is 1.78 bits per heavy atom. The van der Waals surface area contributed by atoms with Crippen LogP contribution in [0.1, 0.15) is 17.0 Å². The van der Waals surface area contributed by atoms with Gasteiger partial charge in [-0.2, -0.15) is 0 Å². The van der Waals surface area contributed by atoms with Gasteiger partial charge in [0, 0.05) is 15.5 Å². The second-order valence-corrected chi connectivity index (χ2v) is 5.04. The first-order valence-electron chi connectivity index (χ1n) is 6.12. The average Bonchev–Trinajstić information content (AvgIpc) is 2.51. The molecule has 0 aliphatic rings. The average molecular weight is 352 g/mol. The van der Waals surface area contributed by atoms with Crippen LogP contribution in [0.2, 0.25) is 5.02 Å². The number of hydrogen-bond acceptors (Lipinski definition) is 2. The maximum Gasteiger partial charge on any atom is 0.214 e. The van der Waals surface area contributed by atoms with Crippen LogP contribution in [-0.4, -0.2) is 11.5 Å². The van der Waals surface area contributed by atoms with Gasteiger partial charge in [-0.1, -0.05) is 23.7 Å². The number of rotatable bonds is 4. The first kappa shape index (κ1) is 17.1. The maximum atomic E-state index is 13.9. The molecule has 1 unspecified atom stereocenters. The van der Waals surface area contributed by atoms with E-state index in [9.17, 15) is 32.1 Å². The summed E-state index contributed by atoms with van der Waals surface area (Å²) in [6.07, 6.45) is 0. The first-order valence-corrected chi connectivity index (χ1v) is 6.50. The van der Waals surface area contributed by atoms with Gasteiger partial charge < -0.3 is 0 Å². The fourth-order valence-electron chi connectivity index (χ4n) is 2.14. The van der Waals surface area contributed by atoms with Gasteiger partial charge in [-0.05, 0) is 17.7 Å². The van der Waals surface area contributed by atoms with Crippen LogP contribution in [-0.2, 0) is 0 Å². The minimum atomic E-state index is -2.32. The Morgan fingerprint density at radius 1 is 0.913 bits per heavy atom. The first-order chi connectivity index (χ1) is 10.7. The van der Waals surface area contributed by atoms with Gasteiger partial charge in [-0.3, -0.25) is 10.1 Å². The fraction of sp³-hybridized carbons (Fsp3) is 0.143. The SMILES string of the molecule is O=[N+]([O-])CC(c1ccc(Cl)cc1)c1c(F)c(F)c(F)c(F)c1F. The van der Waals surface area contributed by atoms with Crippen LogP contribution >= 0.6 is 11.6 Å². The number of halogens is 6. The lowest BCUT2D eigenvalue weighted by molar-refractivity contribution is -0.482. The van der Waals surface area contributed by atoms with Crippen molar-refractivity contribution in [2.24, 2.45) is 0 Å². The van der Waals surface area contributed by atoms with E-state index in [-0.39, 0.29) is 10.6 Å². The molecule has 23 heavy (non-hydrogen) atoms. The minimum absolute atomic E-state index is 0.00527. The van der Waals surface area contributed by atoms with E-state index >= 15 is 0 Å². The van der Waals surface area contributed by atoms with Crippen LogP contribution in [0.5, 0.6) is 0 Å². The lowest BCUT2D eigenvalue weighted by Crippen LogP contribution is -2.19. The third kappa shape index (κ3) is 3.26. The van der Waals surface area contributed by atoms with Crippen molar-refractivity contribution in [3.05, 3.63) is 79.6 Å². The molecule has 0 aromatic heterocycles. The smallest absolute Gasteiger partial charge is 0.214 e. The standard InChI is InChI=1S/C14H7ClF5NO2/c15-7-3-1-6(2-4-7)8(5-21(22)23)9-10(16)12(18)14(20)13(19)11(9)17/h1-4,8H,5H2. The zero-order valence-electron chi connectivity index (χ0n) is 11.1. The normalized spacial score (nSPS) is 12.3. The molecule has 0 radical (unpaired) electrons. The Bertz CT molecular complexity index is 738. The van der Waals surface area contributed by atoms with E-state index in [2.05, 4.69) is 0 Å². The molecule has 3 nitrogen and oxygen atoms in total. The van der Waals surface area contributed by atoms with E-state index in [1.54, 1.807) is 0 Å². The Kier molecular flexibility index (Phi) is 4.84. The molecule has 0 heterocycles. The Morgan fingerprint density at radius 2 is 1.35 bits per heavy atom. The summed E-state index contributed by atoms with van der Waals surface area (Å²) in [5, 5.41) is 11.0. The summed E-state index contributed by atoms with van der Waals surface area (Å²) in [7, 11) is 0.